The first-order valence-corrected chi connectivity index (χ1v) is 6.76. The number of nitro groups is 1. The largest absolute Gasteiger partial charge is 0.382 e. The Morgan fingerprint density at radius 2 is 1.91 bits per heavy atom. The van der Waals surface area contributed by atoms with E-state index in [-0.39, 0.29) is 5.69 Å². The number of nitrogens with one attached hydrogen (secondary N) is 1. The predicted octanol–water partition coefficient (Wildman–Crippen LogP) is 3.16. The van der Waals surface area contributed by atoms with E-state index in [4.69, 9.17) is 5.73 Å². The lowest BCUT2D eigenvalue weighted by atomic mass is 10.1. The number of hydrogen-bond acceptors (Lipinski definition) is 4. The van der Waals surface area contributed by atoms with Crippen molar-refractivity contribution in [2.75, 3.05) is 5.73 Å². The summed E-state index contributed by atoms with van der Waals surface area (Å²) in [5.41, 5.74) is 8.55. The van der Waals surface area contributed by atoms with E-state index in [0.29, 0.717) is 18.1 Å². The summed E-state index contributed by atoms with van der Waals surface area (Å²) in [5.74, 6) is 1.10. The third-order valence-corrected chi connectivity index (χ3v) is 3.34. The lowest BCUT2D eigenvalue weighted by molar-refractivity contribution is -0.384. The number of imidazole rings is 1. The molecule has 22 heavy (non-hydrogen) atoms. The van der Waals surface area contributed by atoms with Crippen molar-refractivity contribution in [2.45, 2.75) is 6.42 Å². The number of aromatic nitrogens is 2. The second-order valence-electron chi connectivity index (χ2n) is 4.91. The number of hydrogen-bond donors (Lipinski definition) is 2. The molecule has 3 aromatic rings. The zero-order chi connectivity index (χ0) is 15.5. The van der Waals surface area contributed by atoms with Crippen LogP contribution in [0.15, 0.2) is 54.6 Å². The Labute approximate surface area is 126 Å². The number of H-pyrrole nitrogens is 1. The number of nitrogen functional groups attached to an aromatic ring is 1. The van der Waals surface area contributed by atoms with E-state index in [1.165, 1.54) is 6.07 Å². The van der Waals surface area contributed by atoms with Crippen LogP contribution < -0.4 is 5.73 Å². The summed E-state index contributed by atoms with van der Waals surface area (Å²) in [7, 11) is 0. The number of benzene rings is 2. The monoisotopic (exact) mass is 294 g/mol. The molecular formula is C16H14N4O2. The molecule has 110 valence electrons. The van der Waals surface area contributed by atoms with Gasteiger partial charge in [-0.15, -0.1) is 0 Å². The molecule has 2 aromatic carbocycles. The van der Waals surface area contributed by atoms with Crippen LogP contribution in [0.1, 0.15) is 11.4 Å². The highest BCUT2D eigenvalue weighted by Crippen LogP contribution is 2.24. The summed E-state index contributed by atoms with van der Waals surface area (Å²) in [6.07, 6.45) is 0.457. The summed E-state index contributed by atoms with van der Waals surface area (Å²) in [4.78, 5) is 17.9. The van der Waals surface area contributed by atoms with Crippen molar-refractivity contribution in [3.05, 3.63) is 76.1 Å². The van der Waals surface area contributed by atoms with Gasteiger partial charge in [-0.05, 0) is 5.56 Å². The highest BCUT2D eigenvalue weighted by Gasteiger charge is 2.11. The minimum absolute atomic E-state index is 0.0697. The van der Waals surface area contributed by atoms with Crippen LogP contribution >= 0.6 is 0 Å². The summed E-state index contributed by atoms with van der Waals surface area (Å²) in [5, 5.41) is 10.8. The summed E-state index contributed by atoms with van der Waals surface area (Å²) in [6.45, 7) is 0. The van der Waals surface area contributed by atoms with E-state index in [2.05, 4.69) is 9.97 Å². The standard InChI is InChI=1S/C16H14N4O2/c17-16-15(12-6-2-1-3-7-12)18-14(19-16)10-11-5-4-8-13(9-11)20(21)22/h1-9H,10,17H2,(H,18,19). The van der Waals surface area contributed by atoms with E-state index in [1.807, 2.05) is 36.4 Å². The molecule has 0 saturated carbocycles. The first-order valence-electron chi connectivity index (χ1n) is 6.76. The molecule has 0 atom stereocenters. The minimum Gasteiger partial charge on any atom is -0.382 e. The van der Waals surface area contributed by atoms with Crippen molar-refractivity contribution in [1.82, 2.24) is 9.97 Å². The van der Waals surface area contributed by atoms with Crippen LogP contribution in [0.2, 0.25) is 0 Å². The van der Waals surface area contributed by atoms with Gasteiger partial charge in [-0.3, -0.25) is 10.1 Å². The summed E-state index contributed by atoms with van der Waals surface area (Å²) in [6, 6.07) is 16.2. The molecule has 1 heterocycles. The Morgan fingerprint density at radius 1 is 1.14 bits per heavy atom. The normalized spacial score (nSPS) is 10.5. The van der Waals surface area contributed by atoms with Crippen molar-refractivity contribution >= 4 is 11.5 Å². The molecule has 0 unspecified atom stereocenters. The Kier molecular flexibility index (Phi) is 3.57. The molecule has 0 radical (unpaired) electrons. The maximum Gasteiger partial charge on any atom is 0.269 e. The fourth-order valence-corrected chi connectivity index (χ4v) is 2.32. The van der Waals surface area contributed by atoms with Crippen LogP contribution in [0, 0.1) is 10.1 Å². The van der Waals surface area contributed by atoms with Crippen molar-refractivity contribution < 1.29 is 4.92 Å². The molecule has 0 bridgehead atoms. The first kappa shape index (κ1) is 13.8. The zero-order valence-electron chi connectivity index (χ0n) is 11.7. The average Bonchev–Trinajstić information content (AvgIpc) is 2.89. The lowest BCUT2D eigenvalue weighted by Crippen LogP contribution is -1.94. The van der Waals surface area contributed by atoms with Gasteiger partial charge in [0.1, 0.15) is 11.6 Å². The molecule has 0 fully saturated rings. The topological polar surface area (TPSA) is 97.8 Å². The third kappa shape index (κ3) is 2.80. The van der Waals surface area contributed by atoms with Crippen molar-refractivity contribution in [2.24, 2.45) is 0 Å². The van der Waals surface area contributed by atoms with Crippen molar-refractivity contribution in [1.29, 1.82) is 0 Å². The molecule has 0 saturated heterocycles. The van der Waals surface area contributed by atoms with Gasteiger partial charge in [0, 0.05) is 24.1 Å². The summed E-state index contributed by atoms with van der Waals surface area (Å²) < 4.78 is 0. The number of nitrogens with zero attached hydrogens (tertiary/aromatic N) is 2. The van der Waals surface area contributed by atoms with Gasteiger partial charge in [0.25, 0.3) is 5.69 Å². The number of anilines is 1. The van der Waals surface area contributed by atoms with Crippen LogP contribution in [0.5, 0.6) is 0 Å². The molecule has 0 spiro atoms. The second-order valence-corrected chi connectivity index (χ2v) is 4.91. The van der Waals surface area contributed by atoms with Crippen LogP contribution in [-0.4, -0.2) is 14.9 Å². The van der Waals surface area contributed by atoms with Gasteiger partial charge in [-0.1, -0.05) is 42.5 Å². The molecule has 6 heteroatoms. The number of aromatic amines is 1. The lowest BCUT2D eigenvalue weighted by Gasteiger charge is -1.99. The van der Waals surface area contributed by atoms with Gasteiger partial charge in [-0.25, -0.2) is 4.98 Å². The number of nitro benzene ring substituents is 1. The van der Waals surface area contributed by atoms with Crippen LogP contribution in [-0.2, 0) is 6.42 Å². The Bertz CT molecular complexity index is 812. The van der Waals surface area contributed by atoms with Gasteiger partial charge >= 0.3 is 0 Å². The summed E-state index contributed by atoms with van der Waals surface area (Å²) >= 11 is 0. The van der Waals surface area contributed by atoms with Crippen LogP contribution in [0.3, 0.4) is 0 Å². The predicted molar refractivity (Wildman–Crippen MR) is 84.3 cm³/mol. The molecule has 1 aromatic heterocycles. The maximum atomic E-state index is 10.8. The van der Waals surface area contributed by atoms with Gasteiger partial charge in [-0.2, -0.15) is 0 Å². The zero-order valence-corrected chi connectivity index (χ0v) is 11.7. The second kappa shape index (κ2) is 5.69. The van der Waals surface area contributed by atoms with Crippen molar-refractivity contribution in [3.8, 4) is 11.3 Å². The van der Waals surface area contributed by atoms with Gasteiger partial charge in [0.05, 0.1) is 10.6 Å². The van der Waals surface area contributed by atoms with E-state index >= 15 is 0 Å². The smallest absolute Gasteiger partial charge is 0.269 e. The van der Waals surface area contributed by atoms with Gasteiger partial charge in [0.15, 0.2) is 0 Å². The van der Waals surface area contributed by atoms with Gasteiger partial charge < -0.3 is 10.7 Å². The Hall–Kier alpha value is -3.15. The maximum absolute atomic E-state index is 10.8. The fraction of sp³-hybridized carbons (Fsp3) is 0.0625. The fourth-order valence-electron chi connectivity index (χ4n) is 2.32. The molecule has 3 N–H and O–H groups in total. The number of non-ortho nitro benzene ring substituents is 1. The van der Waals surface area contributed by atoms with Crippen molar-refractivity contribution in [3.63, 3.8) is 0 Å². The van der Waals surface area contributed by atoms with E-state index in [1.54, 1.807) is 12.1 Å². The molecule has 0 aliphatic rings. The minimum atomic E-state index is -0.407. The molecule has 6 nitrogen and oxygen atoms in total. The quantitative estimate of drug-likeness (QED) is 0.570. The molecular weight excluding hydrogens is 280 g/mol. The molecule has 0 aliphatic heterocycles. The molecule has 3 rings (SSSR count). The van der Waals surface area contributed by atoms with E-state index in [9.17, 15) is 10.1 Å². The van der Waals surface area contributed by atoms with Gasteiger partial charge in [0.2, 0.25) is 0 Å². The third-order valence-electron chi connectivity index (χ3n) is 3.34. The highest BCUT2D eigenvalue weighted by atomic mass is 16.6. The Morgan fingerprint density at radius 3 is 2.64 bits per heavy atom. The van der Waals surface area contributed by atoms with Crippen LogP contribution in [0.25, 0.3) is 11.3 Å². The molecule has 0 aliphatic carbocycles. The number of rotatable bonds is 4. The van der Waals surface area contributed by atoms with E-state index < -0.39 is 4.92 Å². The highest BCUT2D eigenvalue weighted by molar-refractivity contribution is 5.70. The Balaban J connectivity index is 1.88. The first-order chi connectivity index (χ1) is 10.6. The SMILES string of the molecule is Nc1nc(Cc2cccc([N+](=O)[O-])c2)[nH]c1-c1ccccc1. The van der Waals surface area contributed by atoms with E-state index in [0.717, 1.165) is 16.8 Å². The molecule has 0 amide bonds. The average molecular weight is 294 g/mol. The number of nitrogens with two attached hydrogens (primary N) is 1. The van der Waals surface area contributed by atoms with Crippen LogP contribution in [0.4, 0.5) is 11.5 Å².